The Bertz CT molecular complexity index is 273. The van der Waals surface area contributed by atoms with Crippen LogP contribution in [0, 0.1) is 0 Å². The summed E-state index contributed by atoms with van der Waals surface area (Å²) in [4.78, 5) is 11.7. The van der Waals surface area contributed by atoms with Crippen LogP contribution in [0.1, 0.15) is 77.6 Å². The number of amides is 1. The number of aliphatic hydroxyl groups excluding tert-OH is 1. The molecule has 24 heavy (non-hydrogen) atoms. The largest absolute Gasteiger partial charge is 0.394 e. The van der Waals surface area contributed by atoms with E-state index in [0.717, 1.165) is 17.9 Å². The molecule has 5 heteroatoms. The maximum Gasteiger partial charge on any atom is 0.220 e. The van der Waals surface area contributed by atoms with E-state index in [9.17, 15) is 4.79 Å². The second-order valence-electron chi connectivity index (χ2n) is 6.40. The first-order valence-electron chi connectivity index (χ1n) is 9.72. The van der Waals surface area contributed by atoms with Crippen LogP contribution in [0.4, 0.5) is 0 Å². The number of hydrogen-bond donors (Lipinski definition) is 2. The smallest absolute Gasteiger partial charge is 0.220 e. The summed E-state index contributed by atoms with van der Waals surface area (Å²) in [6.45, 7) is 3.00. The molecule has 4 nitrogen and oxygen atoms in total. The van der Waals surface area contributed by atoms with Crippen molar-refractivity contribution in [2.24, 2.45) is 0 Å². The summed E-state index contributed by atoms with van der Waals surface area (Å²) in [6, 6.07) is 0. The van der Waals surface area contributed by atoms with Gasteiger partial charge in [-0.3, -0.25) is 4.79 Å². The monoisotopic (exact) mass is 361 g/mol. The molecule has 0 fully saturated rings. The van der Waals surface area contributed by atoms with Gasteiger partial charge in [0, 0.05) is 31.6 Å². The van der Waals surface area contributed by atoms with Crippen molar-refractivity contribution in [1.29, 1.82) is 0 Å². The highest BCUT2D eigenvalue weighted by molar-refractivity contribution is 7.99. The minimum atomic E-state index is -0.0997. The lowest BCUT2D eigenvalue weighted by atomic mass is 10.1. The molecule has 0 aromatic rings. The third-order valence-corrected chi connectivity index (χ3v) is 5.27. The highest BCUT2D eigenvalue weighted by Gasteiger charge is 2.05. The minimum Gasteiger partial charge on any atom is -0.394 e. The van der Waals surface area contributed by atoms with Crippen LogP contribution in [0.2, 0.25) is 0 Å². The summed E-state index contributed by atoms with van der Waals surface area (Å²) in [7, 11) is 1.61. The van der Waals surface area contributed by atoms with Crippen molar-refractivity contribution in [3.8, 4) is 0 Å². The standard InChI is InChI=1S/C19H39NO3S/c1-3-4-5-6-7-8-9-10-11-12-13-19(22)20-14-15-24-17-18(16-21)23-2/h18,21H,3-17H2,1-2H3,(H,20,22). The molecule has 0 aliphatic heterocycles. The fourth-order valence-corrected chi connectivity index (χ4v) is 3.45. The van der Waals surface area contributed by atoms with Crippen LogP contribution in [0.3, 0.4) is 0 Å². The molecule has 0 aromatic heterocycles. The highest BCUT2D eigenvalue weighted by Crippen LogP contribution is 2.11. The molecule has 1 atom stereocenters. The summed E-state index contributed by atoms with van der Waals surface area (Å²) in [6.07, 6.45) is 13.5. The van der Waals surface area contributed by atoms with E-state index in [1.54, 1.807) is 18.9 Å². The Kier molecular flexibility index (Phi) is 18.9. The molecule has 144 valence electrons. The number of unbranched alkanes of at least 4 members (excludes halogenated alkanes) is 9. The fourth-order valence-electron chi connectivity index (χ4n) is 2.53. The molecular weight excluding hydrogens is 322 g/mol. The highest BCUT2D eigenvalue weighted by atomic mass is 32.2. The van der Waals surface area contributed by atoms with Crippen molar-refractivity contribution in [2.75, 3.05) is 31.8 Å². The van der Waals surface area contributed by atoms with Crippen LogP contribution in [0.25, 0.3) is 0 Å². The molecule has 0 saturated heterocycles. The van der Waals surface area contributed by atoms with Crippen molar-refractivity contribution < 1.29 is 14.6 Å². The van der Waals surface area contributed by atoms with Gasteiger partial charge < -0.3 is 15.2 Å². The van der Waals surface area contributed by atoms with Gasteiger partial charge in [-0.2, -0.15) is 11.8 Å². The van der Waals surface area contributed by atoms with Crippen molar-refractivity contribution in [3.05, 3.63) is 0 Å². The molecule has 0 bridgehead atoms. The first kappa shape index (κ1) is 23.7. The van der Waals surface area contributed by atoms with E-state index in [1.807, 2.05) is 0 Å². The molecule has 2 N–H and O–H groups in total. The second kappa shape index (κ2) is 19.1. The lowest BCUT2D eigenvalue weighted by molar-refractivity contribution is -0.121. The topological polar surface area (TPSA) is 58.6 Å². The average molecular weight is 362 g/mol. The second-order valence-corrected chi connectivity index (χ2v) is 7.55. The fraction of sp³-hybridized carbons (Fsp3) is 0.947. The Hall–Kier alpha value is -0.260. The first-order valence-corrected chi connectivity index (χ1v) is 10.9. The summed E-state index contributed by atoms with van der Waals surface area (Å²) < 4.78 is 5.09. The normalized spacial score (nSPS) is 12.3. The Balaban J connectivity index is 3.24. The van der Waals surface area contributed by atoms with Crippen LogP contribution in [0.15, 0.2) is 0 Å². The number of carbonyl (C=O) groups excluding carboxylic acids is 1. The van der Waals surface area contributed by atoms with Crippen molar-refractivity contribution >= 4 is 17.7 Å². The number of aliphatic hydroxyl groups is 1. The van der Waals surface area contributed by atoms with Crippen LogP contribution in [0.5, 0.6) is 0 Å². The Morgan fingerprint density at radius 3 is 2.17 bits per heavy atom. The minimum absolute atomic E-state index is 0.0502. The third kappa shape index (κ3) is 16.6. The molecule has 0 aliphatic rings. The van der Waals surface area contributed by atoms with Gasteiger partial charge in [0.05, 0.1) is 12.7 Å². The molecule has 0 spiro atoms. The van der Waals surface area contributed by atoms with Crippen molar-refractivity contribution in [3.63, 3.8) is 0 Å². The van der Waals surface area contributed by atoms with E-state index >= 15 is 0 Å². The summed E-state index contributed by atoms with van der Waals surface area (Å²) >= 11 is 1.70. The van der Waals surface area contributed by atoms with E-state index < -0.39 is 0 Å². The van der Waals surface area contributed by atoms with Crippen molar-refractivity contribution in [2.45, 2.75) is 83.7 Å². The number of carbonyl (C=O) groups is 1. The number of thioether (sulfide) groups is 1. The molecule has 0 aliphatic carbocycles. The van der Waals surface area contributed by atoms with Gasteiger partial charge in [0.1, 0.15) is 0 Å². The average Bonchev–Trinajstić information content (AvgIpc) is 2.59. The lowest BCUT2D eigenvalue weighted by Gasteiger charge is -2.11. The molecule has 0 saturated carbocycles. The van der Waals surface area contributed by atoms with E-state index in [4.69, 9.17) is 9.84 Å². The maximum atomic E-state index is 11.7. The van der Waals surface area contributed by atoms with Gasteiger partial charge in [-0.1, -0.05) is 64.7 Å². The first-order chi connectivity index (χ1) is 11.7. The van der Waals surface area contributed by atoms with Gasteiger partial charge in [0.15, 0.2) is 0 Å². The quantitative estimate of drug-likeness (QED) is 0.360. The van der Waals surface area contributed by atoms with E-state index in [-0.39, 0.29) is 18.6 Å². The zero-order valence-corrected chi connectivity index (χ0v) is 16.7. The van der Waals surface area contributed by atoms with Gasteiger partial charge >= 0.3 is 0 Å². The third-order valence-electron chi connectivity index (χ3n) is 4.17. The van der Waals surface area contributed by atoms with Crippen LogP contribution in [-0.4, -0.2) is 48.9 Å². The number of methoxy groups -OCH3 is 1. The Morgan fingerprint density at radius 1 is 1.04 bits per heavy atom. The summed E-state index contributed by atoms with van der Waals surface area (Å²) in [5.74, 6) is 1.80. The summed E-state index contributed by atoms with van der Waals surface area (Å²) in [5, 5.41) is 11.9. The van der Waals surface area contributed by atoms with E-state index in [2.05, 4.69) is 12.2 Å². The molecule has 0 radical (unpaired) electrons. The number of nitrogens with one attached hydrogen (secondary N) is 1. The Morgan fingerprint density at radius 2 is 1.62 bits per heavy atom. The Labute approximate surface area is 153 Å². The number of hydrogen-bond acceptors (Lipinski definition) is 4. The molecule has 1 unspecified atom stereocenters. The molecule has 1 amide bonds. The van der Waals surface area contributed by atoms with Crippen LogP contribution in [-0.2, 0) is 9.53 Å². The number of rotatable bonds is 18. The van der Waals surface area contributed by atoms with E-state index in [1.165, 1.54) is 57.8 Å². The van der Waals surface area contributed by atoms with Gasteiger partial charge in [-0.25, -0.2) is 0 Å². The van der Waals surface area contributed by atoms with Gasteiger partial charge in [0.25, 0.3) is 0 Å². The van der Waals surface area contributed by atoms with Gasteiger partial charge in [0.2, 0.25) is 5.91 Å². The van der Waals surface area contributed by atoms with Gasteiger partial charge in [-0.15, -0.1) is 0 Å². The summed E-state index contributed by atoms with van der Waals surface area (Å²) in [5.41, 5.74) is 0. The van der Waals surface area contributed by atoms with Gasteiger partial charge in [-0.05, 0) is 6.42 Å². The molecule has 0 aromatic carbocycles. The zero-order chi connectivity index (χ0) is 17.9. The zero-order valence-electron chi connectivity index (χ0n) is 15.9. The van der Waals surface area contributed by atoms with E-state index in [0.29, 0.717) is 13.0 Å². The molecular formula is C19H39NO3S. The van der Waals surface area contributed by atoms with Crippen LogP contribution < -0.4 is 5.32 Å². The SMILES string of the molecule is CCCCCCCCCCCCC(=O)NCCSCC(CO)OC. The maximum absolute atomic E-state index is 11.7. The van der Waals surface area contributed by atoms with Crippen molar-refractivity contribution in [1.82, 2.24) is 5.32 Å². The van der Waals surface area contributed by atoms with Crippen LogP contribution >= 0.6 is 11.8 Å². The lowest BCUT2D eigenvalue weighted by Crippen LogP contribution is -2.26. The molecule has 0 heterocycles. The molecule has 0 rings (SSSR count). The predicted octanol–water partition coefficient (Wildman–Crippen LogP) is 4.15. The number of ether oxygens (including phenoxy) is 1. The predicted molar refractivity (Wildman–Crippen MR) is 105 cm³/mol.